The predicted octanol–water partition coefficient (Wildman–Crippen LogP) is 2.47. The number of hydrogen-bond acceptors (Lipinski definition) is 6. The van der Waals surface area contributed by atoms with Gasteiger partial charge in [0.15, 0.2) is 0 Å². The van der Waals surface area contributed by atoms with Crippen LogP contribution in [0.2, 0.25) is 0 Å². The Kier molecular flexibility index (Phi) is 15.3. The second-order valence-electron chi connectivity index (χ2n) is 6.73. The molecule has 1 aliphatic rings. The molecule has 8 heteroatoms. The highest BCUT2D eigenvalue weighted by Crippen LogP contribution is 2.21. The van der Waals surface area contributed by atoms with Gasteiger partial charge in [0.25, 0.3) is 0 Å². The van der Waals surface area contributed by atoms with E-state index in [0.717, 1.165) is 6.54 Å². The normalized spacial score (nSPS) is 16.9. The summed E-state index contributed by atoms with van der Waals surface area (Å²) in [7, 11) is 5.03. The minimum Gasteiger partial charge on any atom is -0.468 e. The SMILES string of the molecule is CC.CCN(C)[C@@H](C(=O)OC)[C@@H]1CN(CC(C)C)C(=O)N1C.CCOC(C)=O. The smallest absolute Gasteiger partial charge is 0.325 e. The monoisotopic (exact) mass is 403 g/mol. The number of urea groups is 1. The van der Waals surface area contributed by atoms with Crippen LogP contribution in [0.4, 0.5) is 4.79 Å². The van der Waals surface area contributed by atoms with E-state index >= 15 is 0 Å². The zero-order chi connectivity index (χ0) is 22.4. The molecule has 1 fully saturated rings. The maximum atomic E-state index is 12.3. The Hall–Kier alpha value is -1.83. The van der Waals surface area contributed by atoms with E-state index in [9.17, 15) is 14.4 Å². The summed E-state index contributed by atoms with van der Waals surface area (Å²) in [5.74, 6) is -0.0884. The van der Waals surface area contributed by atoms with E-state index in [1.807, 2.05) is 37.6 Å². The van der Waals surface area contributed by atoms with Gasteiger partial charge in [0.05, 0.1) is 19.8 Å². The van der Waals surface area contributed by atoms with Crippen molar-refractivity contribution in [2.45, 2.75) is 60.5 Å². The minimum absolute atomic E-state index is 0.0119. The summed E-state index contributed by atoms with van der Waals surface area (Å²) in [4.78, 5) is 39.5. The van der Waals surface area contributed by atoms with E-state index in [2.05, 4.69) is 18.6 Å². The molecule has 1 heterocycles. The molecule has 2 amide bonds. The van der Waals surface area contributed by atoms with Crippen molar-refractivity contribution < 1.29 is 23.9 Å². The molecule has 0 aliphatic carbocycles. The fraction of sp³-hybridized carbons (Fsp3) is 0.850. The van der Waals surface area contributed by atoms with Gasteiger partial charge in [-0.25, -0.2) is 4.79 Å². The minimum atomic E-state index is -0.420. The van der Waals surface area contributed by atoms with Gasteiger partial charge in [0.1, 0.15) is 6.04 Å². The first kappa shape index (κ1) is 28.4. The number of amides is 2. The van der Waals surface area contributed by atoms with Crippen LogP contribution >= 0.6 is 0 Å². The number of methoxy groups -OCH3 is 1. The van der Waals surface area contributed by atoms with Crippen molar-refractivity contribution in [1.29, 1.82) is 0 Å². The van der Waals surface area contributed by atoms with E-state index in [1.165, 1.54) is 14.0 Å². The Labute approximate surface area is 171 Å². The van der Waals surface area contributed by atoms with Crippen LogP contribution in [0, 0.1) is 5.92 Å². The summed E-state index contributed by atoms with van der Waals surface area (Å²) < 4.78 is 9.31. The molecule has 0 aromatic carbocycles. The number of esters is 2. The lowest BCUT2D eigenvalue weighted by atomic mass is 10.1. The van der Waals surface area contributed by atoms with E-state index in [4.69, 9.17) is 4.74 Å². The maximum Gasteiger partial charge on any atom is 0.325 e. The van der Waals surface area contributed by atoms with Crippen LogP contribution in [-0.4, -0.2) is 92.2 Å². The molecule has 8 nitrogen and oxygen atoms in total. The molecule has 0 aromatic heterocycles. The van der Waals surface area contributed by atoms with Crippen molar-refractivity contribution in [3.8, 4) is 0 Å². The lowest BCUT2D eigenvalue weighted by Gasteiger charge is -2.32. The van der Waals surface area contributed by atoms with Crippen LogP contribution in [0.1, 0.15) is 48.5 Å². The molecule has 0 unspecified atom stereocenters. The highest BCUT2D eigenvalue weighted by atomic mass is 16.5. The van der Waals surface area contributed by atoms with Gasteiger partial charge in [0.2, 0.25) is 0 Å². The van der Waals surface area contributed by atoms with E-state index < -0.39 is 6.04 Å². The molecule has 0 aromatic rings. The Morgan fingerprint density at radius 2 is 1.79 bits per heavy atom. The van der Waals surface area contributed by atoms with Gasteiger partial charge in [-0.2, -0.15) is 0 Å². The number of carbonyl (C=O) groups excluding carboxylic acids is 3. The molecule has 0 radical (unpaired) electrons. The summed E-state index contributed by atoms with van der Waals surface area (Å²) in [5.41, 5.74) is 0. The second-order valence-corrected chi connectivity index (χ2v) is 6.73. The van der Waals surface area contributed by atoms with Crippen molar-refractivity contribution in [3.05, 3.63) is 0 Å². The number of hydrogen-bond donors (Lipinski definition) is 0. The third-order valence-electron chi connectivity index (χ3n) is 4.19. The topological polar surface area (TPSA) is 79.4 Å². The third kappa shape index (κ3) is 9.39. The van der Waals surface area contributed by atoms with Gasteiger partial charge in [0, 0.05) is 27.1 Å². The average Bonchev–Trinajstić information content (AvgIpc) is 2.91. The van der Waals surface area contributed by atoms with Gasteiger partial charge >= 0.3 is 18.0 Å². The summed E-state index contributed by atoms with van der Waals surface area (Å²) in [6.07, 6.45) is 0. The van der Waals surface area contributed by atoms with Gasteiger partial charge in [-0.1, -0.05) is 34.6 Å². The molecule has 1 saturated heterocycles. The summed E-state index contributed by atoms with van der Waals surface area (Å²) in [6.45, 7) is 15.8. The third-order valence-corrected chi connectivity index (χ3v) is 4.19. The fourth-order valence-corrected chi connectivity index (χ4v) is 2.85. The highest BCUT2D eigenvalue weighted by Gasteiger charge is 2.44. The molecule has 0 spiro atoms. The summed E-state index contributed by atoms with van der Waals surface area (Å²) in [6, 6.07) is -0.600. The van der Waals surface area contributed by atoms with E-state index in [0.29, 0.717) is 25.6 Å². The van der Waals surface area contributed by atoms with Crippen LogP contribution in [0.15, 0.2) is 0 Å². The number of likely N-dealkylation sites (N-methyl/N-ethyl adjacent to an activating group) is 2. The zero-order valence-electron chi connectivity index (χ0n) is 19.4. The molecule has 28 heavy (non-hydrogen) atoms. The van der Waals surface area contributed by atoms with Crippen molar-refractivity contribution in [2.24, 2.45) is 5.92 Å². The predicted molar refractivity (Wildman–Crippen MR) is 111 cm³/mol. The lowest BCUT2D eigenvalue weighted by Crippen LogP contribution is -2.53. The van der Waals surface area contributed by atoms with Crippen molar-refractivity contribution in [2.75, 3.05) is 47.4 Å². The summed E-state index contributed by atoms with van der Waals surface area (Å²) in [5, 5.41) is 0. The first-order valence-corrected chi connectivity index (χ1v) is 10.0. The maximum absolute atomic E-state index is 12.3. The van der Waals surface area contributed by atoms with Crippen LogP contribution in [0.3, 0.4) is 0 Å². The Balaban J connectivity index is 0. The standard InChI is InChI=1S/C14H27N3O3.C4H8O2.C2H6/c1-7-15(4)12(13(18)20-6)11-9-17(8-10(2)3)14(19)16(11)5;1-3-6-4(2)5;1-2/h10-12H,7-9H2,1-6H3;3H2,1-2H3;1-2H3/t11-,12+;;/m0../s1. The first-order valence-electron chi connectivity index (χ1n) is 10.0. The molecule has 1 aliphatic heterocycles. The quantitative estimate of drug-likeness (QED) is 0.608. The molecule has 0 bridgehead atoms. The van der Waals surface area contributed by atoms with Crippen LogP contribution < -0.4 is 0 Å². The fourth-order valence-electron chi connectivity index (χ4n) is 2.85. The van der Waals surface area contributed by atoms with E-state index in [1.54, 1.807) is 18.9 Å². The Morgan fingerprint density at radius 3 is 2.11 bits per heavy atom. The van der Waals surface area contributed by atoms with Gasteiger partial charge in [-0.15, -0.1) is 0 Å². The number of ether oxygens (including phenoxy) is 2. The Morgan fingerprint density at radius 1 is 1.25 bits per heavy atom. The Bertz CT molecular complexity index is 471. The number of rotatable bonds is 7. The molecule has 166 valence electrons. The van der Waals surface area contributed by atoms with Gasteiger partial charge in [-0.3, -0.25) is 14.5 Å². The first-order chi connectivity index (χ1) is 13.1. The summed E-state index contributed by atoms with van der Waals surface area (Å²) >= 11 is 0. The highest BCUT2D eigenvalue weighted by molar-refractivity contribution is 5.82. The van der Waals surface area contributed by atoms with Crippen molar-refractivity contribution in [3.63, 3.8) is 0 Å². The van der Waals surface area contributed by atoms with Crippen LogP contribution in [-0.2, 0) is 19.1 Å². The largest absolute Gasteiger partial charge is 0.468 e. The van der Waals surface area contributed by atoms with Crippen LogP contribution in [0.5, 0.6) is 0 Å². The number of nitrogens with zero attached hydrogens (tertiary/aromatic N) is 3. The second kappa shape index (κ2) is 15.1. The average molecular weight is 404 g/mol. The van der Waals surface area contributed by atoms with Crippen molar-refractivity contribution in [1.82, 2.24) is 14.7 Å². The molecular formula is C20H41N3O5. The lowest BCUT2D eigenvalue weighted by molar-refractivity contribution is -0.148. The van der Waals surface area contributed by atoms with Gasteiger partial charge < -0.3 is 19.3 Å². The zero-order valence-corrected chi connectivity index (χ0v) is 19.4. The molecule has 0 N–H and O–H groups in total. The van der Waals surface area contributed by atoms with Crippen LogP contribution in [0.25, 0.3) is 0 Å². The van der Waals surface area contributed by atoms with Crippen molar-refractivity contribution >= 4 is 18.0 Å². The number of carbonyl (C=O) groups is 3. The molecular weight excluding hydrogens is 362 g/mol. The van der Waals surface area contributed by atoms with E-state index in [-0.39, 0.29) is 24.0 Å². The van der Waals surface area contributed by atoms with Gasteiger partial charge in [-0.05, 0) is 26.4 Å². The molecule has 1 rings (SSSR count). The molecule has 0 saturated carbocycles. The molecule has 2 atom stereocenters.